The van der Waals surface area contributed by atoms with Crippen molar-refractivity contribution in [3.05, 3.63) is 72.2 Å². The number of furan rings is 2. The van der Waals surface area contributed by atoms with Crippen molar-refractivity contribution < 1.29 is 44.0 Å². The molecule has 53 heavy (non-hydrogen) atoms. The second-order valence-corrected chi connectivity index (χ2v) is 14.5. The Morgan fingerprint density at radius 2 is 1.19 bits per heavy atom. The molecule has 2 fully saturated rings. The maximum absolute atomic E-state index is 12.6. The summed E-state index contributed by atoms with van der Waals surface area (Å²) in [5, 5.41) is 19.3. The first kappa shape index (κ1) is 41.4. The van der Waals surface area contributed by atoms with Crippen molar-refractivity contribution in [3.8, 4) is 0 Å². The Morgan fingerprint density at radius 3 is 1.62 bits per heavy atom. The molecule has 4 N–H and O–H groups in total. The van der Waals surface area contributed by atoms with Crippen molar-refractivity contribution in [1.29, 1.82) is 0 Å². The van der Waals surface area contributed by atoms with E-state index in [0.717, 1.165) is 36.7 Å². The topological polar surface area (TPSA) is 173 Å². The molecule has 6 rings (SSSR count). The van der Waals surface area contributed by atoms with Crippen LogP contribution in [0.15, 0.2) is 69.5 Å². The number of rotatable bonds is 4. The number of halogens is 1. The molecule has 0 spiro atoms. The number of carbonyl (C=O) groups is 4. The number of carbonyl (C=O) groups excluding carboxylic acids is 3. The Labute approximate surface area is 326 Å². The van der Waals surface area contributed by atoms with Crippen LogP contribution in [-0.2, 0) is 9.47 Å². The molecule has 0 atom stereocenters. The normalized spacial score (nSPS) is 15.3. The van der Waals surface area contributed by atoms with Gasteiger partial charge in [-0.05, 0) is 109 Å². The molecular formula is C39H53IN4O9. The van der Waals surface area contributed by atoms with Crippen LogP contribution in [-0.4, -0.2) is 88.4 Å². The molecule has 0 radical (unpaired) electrons. The SMILES string of the molecule is CC(C)(C)OC(=O)NC1CCN(C(=O)c2cc3ccccc3o2)CC1.CC(C)(C)OC(=O)NC1CCNCC1.O=C(O)c1cc2ccccc2o1.[2H]CI. The van der Waals surface area contributed by atoms with Crippen LogP contribution in [0, 0.1) is 0 Å². The molecule has 0 aliphatic carbocycles. The number of alkyl carbamates (subject to hydrolysis) is 2. The minimum Gasteiger partial charge on any atom is -0.475 e. The molecular weight excluding hydrogens is 795 g/mol. The Balaban J connectivity index is 0.000000228. The van der Waals surface area contributed by atoms with Crippen LogP contribution in [0.1, 0.15) is 89.7 Å². The summed E-state index contributed by atoms with van der Waals surface area (Å²) < 4.78 is 27.3. The van der Waals surface area contributed by atoms with Crippen LogP contribution in [0.3, 0.4) is 0 Å². The van der Waals surface area contributed by atoms with Gasteiger partial charge >= 0.3 is 18.2 Å². The number of alkyl halides is 1. The predicted molar refractivity (Wildman–Crippen MR) is 213 cm³/mol. The highest BCUT2D eigenvalue weighted by molar-refractivity contribution is 14.1. The monoisotopic (exact) mass is 849 g/mol. The molecule has 3 amide bonds. The Kier molecular flexibility index (Phi) is 15.8. The minimum atomic E-state index is -1.04. The zero-order valence-corrected chi connectivity index (χ0v) is 33.5. The van der Waals surface area contributed by atoms with Gasteiger partial charge in [0.05, 0.1) is 0 Å². The Bertz CT molecular complexity index is 1730. The highest BCUT2D eigenvalue weighted by Crippen LogP contribution is 2.22. The van der Waals surface area contributed by atoms with Crippen molar-refractivity contribution in [3.63, 3.8) is 0 Å². The highest BCUT2D eigenvalue weighted by atomic mass is 127. The van der Waals surface area contributed by atoms with E-state index < -0.39 is 23.3 Å². The van der Waals surface area contributed by atoms with Crippen LogP contribution in [0.4, 0.5) is 9.59 Å². The molecule has 0 saturated carbocycles. The lowest BCUT2D eigenvalue weighted by Gasteiger charge is -2.32. The molecule has 2 saturated heterocycles. The molecule has 290 valence electrons. The van der Waals surface area contributed by atoms with Gasteiger partial charge in [0.2, 0.25) is 5.76 Å². The number of piperidine rings is 2. The van der Waals surface area contributed by atoms with Crippen molar-refractivity contribution in [2.45, 2.75) is 90.5 Å². The number of amides is 3. The van der Waals surface area contributed by atoms with Gasteiger partial charge < -0.3 is 44.3 Å². The van der Waals surface area contributed by atoms with Gasteiger partial charge in [-0.3, -0.25) is 4.79 Å². The number of likely N-dealkylation sites (tertiary alicyclic amines) is 1. The fourth-order valence-electron chi connectivity index (χ4n) is 5.47. The molecule has 14 heteroatoms. The summed E-state index contributed by atoms with van der Waals surface area (Å²) in [6.45, 7) is 14.2. The first-order valence-corrected chi connectivity index (χ1v) is 19.0. The second kappa shape index (κ2) is 20.2. The minimum absolute atomic E-state index is 0.0174. The Morgan fingerprint density at radius 1 is 0.774 bits per heavy atom. The number of fused-ring (bicyclic) bond motifs is 2. The van der Waals surface area contributed by atoms with E-state index in [2.05, 4.69) is 16.0 Å². The molecule has 2 aromatic carbocycles. The predicted octanol–water partition coefficient (Wildman–Crippen LogP) is 8.01. The third-order valence-electron chi connectivity index (χ3n) is 7.84. The number of benzene rings is 2. The summed E-state index contributed by atoms with van der Waals surface area (Å²) in [7, 11) is 0. The molecule has 2 aliphatic rings. The number of carboxylic acid groups (broad SMARTS) is 1. The number of nitrogens with zero attached hydrogens (tertiary/aromatic N) is 1. The van der Waals surface area contributed by atoms with Crippen LogP contribution in [0.2, 0.25) is 0 Å². The standard InChI is InChI=1S/C19H24N2O4.C10H20N2O2.C9H6O3.CH3I/c1-19(2,3)25-18(23)20-14-8-10-21(11-9-14)17(22)16-12-13-6-4-5-7-15(13)24-16;1-10(2,3)14-9(13)12-8-4-6-11-7-5-8;10-9(11)8-5-6-3-1-2-4-7(6)12-8;1-2/h4-7,12,14H,8-11H2,1-3H3,(H,20,23);8,11H,4-7H2,1-3H3,(H,12,13);1-5H,(H,10,11);1H3/i;;;1D. The van der Waals surface area contributed by atoms with E-state index in [1.54, 1.807) is 23.1 Å². The van der Waals surface area contributed by atoms with Crippen LogP contribution in [0.5, 0.6) is 0 Å². The van der Waals surface area contributed by atoms with E-state index in [-0.39, 0.29) is 29.8 Å². The second-order valence-electron chi connectivity index (χ2n) is 14.5. The number of nitrogens with one attached hydrogen (secondary N) is 3. The largest absolute Gasteiger partial charge is 0.475 e. The van der Waals surface area contributed by atoms with Gasteiger partial charge in [-0.25, -0.2) is 14.4 Å². The molecule has 4 aromatic rings. The maximum atomic E-state index is 12.6. The molecule has 2 aliphatic heterocycles. The average Bonchev–Trinajstić information content (AvgIpc) is 3.73. The van der Waals surface area contributed by atoms with Gasteiger partial charge in [-0.2, -0.15) is 0 Å². The Hall–Kier alpha value is -4.31. The lowest BCUT2D eigenvalue weighted by Crippen LogP contribution is -2.47. The van der Waals surface area contributed by atoms with Gasteiger partial charge in [-0.1, -0.05) is 59.0 Å². The molecule has 0 bridgehead atoms. The number of ether oxygens (including phenoxy) is 2. The maximum Gasteiger partial charge on any atom is 0.407 e. The first-order chi connectivity index (χ1) is 25.5. The van der Waals surface area contributed by atoms with Gasteiger partial charge in [0.1, 0.15) is 22.4 Å². The molecule has 13 nitrogen and oxygen atoms in total. The number of hydrogen-bond acceptors (Lipinski definition) is 9. The molecule has 4 heterocycles. The van der Waals surface area contributed by atoms with E-state index in [4.69, 9.17) is 24.8 Å². The first-order valence-electron chi connectivity index (χ1n) is 18.2. The lowest BCUT2D eigenvalue weighted by atomic mass is 10.0. The number of aromatic carboxylic acids is 1. The third kappa shape index (κ3) is 14.9. The van der Waals surface area contributed by atoms with E-state index in [1.807, 2.05) is 101 Å². The average molecular weight is 850 g/mol. The highest BCUT2D eigenvalue weighted by Gasteiger charge is 2.28. The van der Waals surface area contributed by atoms with Crippen molar-refractivity contribution in [2.24, 2.45) is 0 Å². The van der Waals surface area contributed by atoms with Crippen LogP contribution in [0.25, 0.3) is 21.9 Å². The summed E-state index contributed by atoms with van der Waals surface area (Å²) in [4.78, 5) is 48.5. The van der Waals surface area contributed by atoms with Gasteiger partial charge in [0.15, 0.2) is 5.76 Å². The van der Waals surface area contributed by atoms with Crippen LogP contribution >= 0.6 is 22.6 Å². The summed E-state index contributed by atoms with van der Waals surface area (Å²) >= 11 is 1.96. The number of hydrogen-bond donors (Lipinski definition) is 4. The van der Waals surface area contributed by atoms with Gasteiger partial charge in [0, 0.05) is 37.3 Å². The number of carboxylic acids is 1. The fraction of sp³-hybridized carbons (Fsp3) is 0.487. The fourth-order valence-corrected chi connectivity index (χ4v) is 5.47. The summed E-state index contributed by atoms with van der Waals surface area (Å²) in [6, 6.07) is 18.3. The van der Waals surface area contributed by atoms with E-state index in [1.165, 1.54) is 6.07 Å². The van der Waals surface area contributed by atoms with E-state index in [0.29, 0.717) is 47.8 Å². The lowest BCUT2D eigenvalue weighted by molar-refractivity contribution is 0.0464. The third-order valence-corrected chi connectivity index (χ3v) is 7.84. The smallest absolute Gasteiger partial charge is 0.407 e. The van der Waals surface area contributed by atoms with Crippen molar-refractivity contribution >= 4 is 68.6 Å². The van der Waals surface area contributed by atoms with E-state index >= 15 is 0 Å². The summed E-state index contributed by atoms with van der Waals surface area (Å²) in [5.41, 5.74) is 0.404. The van der Waals surface area contributed by atoms with Crippen molar-refractivity contribution in [2.75, 3.05) is 31.1 Å². The number of para-hydroxylation sites is 2. The quantitative estimate of drug-likeness (QED) is 0.116. The molecule has 2 aromatic heterocycles. The molecule has 0 unspecified atom stereocenters. The van der Waals surface area contributed by atoms with Crippen molar-refractivity contribution in [1.82, 2.24) is 20.9 Å². The van der Waals surface area contributed by atoms with Gasteiger partial charge in [0.25, 0.3) is 5.91 Å². The van der Waals surface area contributed by atoms with E-state index in [9.17, 15) is 19.2 Å². The van der Waals surface area contributed by atoms with Crippen LogP contribution < -0.4 is 16.0 Å². The zero-order chi connectivity index (χ0) is 39.9. The summed E-state index contributed by atoms with van der Waals surface area (Å²) in [6.07, 6.45) is 2.66. The zero-order valence-electron chi connectivity index (χ0n) is 32.3. The van der Waals surface area contributed by atoms with Gasteiger partial charge in [-0.15, -0.1) is 0 Å². The summed E-state index contributed by atoms with van der Waals surface area (Å²) in [5.74, 6) is -0.797.